The highest BCUT2D eigenvalue weighted by Gasteiger charge is 2.16. The summed E-state index contributed by atoms with van der Waals surface area (Å²) in [7, 11) is 4.82. The number of carboxylic acids is 1. The minimum atomic E-state index is -1.24. The standard InChI is InChI=1S/C14H11BN2O5S/c1-8-16-11(7-23-8)12(13(18)19)17-21-6-9-3-2-4-10(5-9)14(20)22-15/h2-5,7H,6H2,1H3,(H,18,19)/b17-12+. The lowest BCUT2D eigenvalue weighted by molar-refractivity contribution is -0.129. The summed E-state index contributed by atoms with van der Waals surface area (Å²) in [5.74, 6) is -1.92. The normalized spacial score (nSPS) is 11.1. The van der Waals surface area contributed by atoms with Crippen LogP contribution in [0, 0.1) is 6.92 Å². The van der Waals surface area contributed by atoms with Crippen LogP contribution in [0.25, 0.3) is 0 Å². The lowest BCUT2D eigenvalue weighted by Crippen LogP contribution is -2.15. The van der Waals surface area contributed by atoms with Gasteiger partial charge in [0.2, 0.25) is 5.71 Å². The second kappa shape index (κ2) is 7.55. The van der Waals surface area contributed by atoms with Gasteiger partial charge in [0.15, 0.2) is 0 Å². The van der Waals surface area contributed by atoms with Gasteiger partial charge in [-0.2, -0.15) is 0 Å². The zero-order valence-electron chi connectivity index (χ0n) is 12.1. The van der Waals surface area contributed by atoms with Crippen LogP contribution >= 0.6 is 11.3 Å². The van der Waals surface area contributed by atoms with Crippen LogP contribution in [0.2, 0.25) is 0 Å². The third-order valence-corrected chi connectivity index (χ3v) is 3.49. The average molecular weight is 330 g/mol. The van der Waals surface area contributed by atoms with E-state index in [9.17, 15) is 9.59 Å². The molecule has 0 spiro atoms. The monoisotopic (exact) mass is 330 g/mol. The van der Waals surface area contributed by atoms with Crippen molar-refractivity contribution in [1.29, 1.82) is 0 Å². The molecule has 2 rings (SSSR count). The Morgan fingerprint density at radius 1 is 1.43 bits per heavy atom. The van der Waals surface area contributed by atoms with Gasteiger partial charge in [-0.25, -0.2) is 14.6 Å². The number of aromatic nitrogens is 1. The fraction of sp³-hybridized carbons (Fsp3) is 0.143. The quantitative estimate of drug-likeness (QED) is 0.492. The number of nitrogens with zero attached hydrogens (tertiary/aromatic N) is 2. The number of carbonyl (C=O) groups excluding carboxylic acids is 1. The zero-order valence-corrected chi connectivity index (χ0v) is 12.9. The van der Waals surface area contributed by atoms with Crippen molar-refractivity contribution < 1.29 is 24.2 Å². The number of hydrogen-bond acceptors (Lipinski definition) is 7. The zero-order chi connectivity index (χ0) is 16.8. The van der Waals surface area contributed by atoms with E-state index in [0.29, 0.717) is 5.56 Å². The highest BCUT2D eigenvalue weighted by atomic mass is 32.1. The third-order valence-electron chi connectivity index (χ3n) is 2.72. The molecule has 2 aromatic rings. The number of carboxylic acid groups (broad SMARTS) is 1. The fourth-order valence-corrected chi connectivity index (χ4v) is 2.29. The van der Waals surface area contributed by atoms with E-state index in [1.54, 1.807) is 24.4 Å². The molecule has 7 nitrogen and oxygen atoms in total. The van der Waals surface area contributed by atoms with Gasteiger partial charge in [-0.15, -0.1) is 11.3 Å². The Labute approximate surface area is 137 Å². The third kappa shape index (κ3) is 4.40. The maximum Gasteiger partial charge on any atom is 0.378 e. The molecule has 1 aromatic heterocycles. The predicted molar refractivity (Wildman–Crippen MR) is 83.4 cm³/mol. The number of benzene rings is 1. The topological polar surface area (TPSA) is 98.1 Å². The molecule has 0 aliphatic heterocycles. The van der Waals surface area contributed by atoms with Gasteiger partial charge in [0, 0.05) is 5.38 Å². The Balaban J connectivity index is 2.10. The van der Waals surface area contributed by atoms with Gasteiger partial charge in [0.1, 0.15) is 12.3 Å². The Morgan fingerprint density at radius 2 is 2.22 bits per heavy atom. The molecule has 9 heteroatoms. The van der Waals surface area contributed by atoms with Gasteiger partial charge < -0.3 is 14.6 Å². The summed E-state index contributed by atoms with van der Waals surface area (Å²) in [5.41, 5.74) is 0.814. The molecule has 116 valence electrons. The van der Waals surface area contributed by atoms with E-state index in [-0.39, 0.29) is 23.6 Å². The van der Waals surface area contributed by atoms with E-state index in [2.05, 4.69) is 14.8 Å². The molecule has 2 radical (unpaired) electrons. The van der Waals surface area contributed by atoms with Gasteiger partial charge in [-0.3, -0.25) is 0 Å². The molecule has 0 amide bonds. The van der Waals surface area contributed by atoms with Crippen molar-refractivity contribution in [3.63, 3.8) is 0 Å². The molecule has 0 atom stereocenters. The summed E-state index contributed by atoms with van der Waals surface area (Å²) < 4.78 is 4.13. The lowest BCUT2D eigenvalue weighted by Gasteiger charge is -2.04. The molecule has 0 aliphatic rings. The van der Waals surface area contributed by atoms with Crippen LogP contribution in [-0.2, 0) is 20.9 Å². The first-order valence-corrected chi connectivity index (χ1v) is 7.25. The van der Waals surface area contributed by atoms with Gasteiger partial charge in [-0.05, 0) is 24.6 Å². The summed E-state index contributed by atoms with van der Waals surface area (Å²) in [6.07, 6.45) is 0. The second-order valence-corrected chi connectivity index (χ2v) is 5.44. The van der Waals surface area contributed by atoms with Crippen molar-refractivity contribution >= 4 is 37.0 Å². The van der Waals surface area contributed by atoms with Crippen molar-refractivity contribution in [2.24, 2.45) is 5.16 Å². The van der Waals surface area contributed by atoms with E-state index in [1.807, 2.05) is 0 Å². The van der Waals surface area contributed by atoms with E-state index in [0.717, 1.165) is 5.01 Å². The van der Waals surface area contributed by atoms with E-state index in [1.165, 1.54) is 23.5 Å². The van der Waals surface area contributed by atoms with Gasteiger partial charge in [0.25, 0.3) is 0 Å². The number of hydrogen-bond donors (Lipinski definition) is 1. The maximum absolute atomic E-state index is 11.3. The van der Waals surface area contributed by atoms with Crippen molar-refractivity contribution in [3.05, 3.63) is 51.5 Å². The number of oxime groups is 1. The minimum Gasteiger partial charge on any atom is -0.540 e. The van der Waals surface area contributed by atoms with Crippen LogP contribution in [0.1, 0.15) is 26.6 Å². The van der Waals surface area contributed by atoms with Gasteiger partial charge in [0.05, 0.1) is 10.6 Å². The number of carbonyl (C=O) groups is 2. The van der Waals surface area contributed by atoms with Crippen molar-refractivity contribution in [2.45, 2.75) is 13.5 Å². The van der Waals surface area contributed by atoms with E-state index < -0.39 is 11.9 Å². The average Bonchev–Trinajstić information content (AvgIpc) is 2.96. The molecular weight excluding hydrogens is 319 g/mol. The second-order valence-electron chi connectivity index (χ2n) is 4.38. The highest BCUT2D eigenvalue weighted by Crippen LogP contribution is 2.11. The van der Waals surface area contributed by atoms with E-state index >= 15 is 0 Å². The first-order chi connectivity index (χ1) is 11.0. The molecule has 1 heterocycles. The van der Waals surface area contributed by atoms with Gasteiger partial charge >= 0.3 is 20.0 Å². The molecule has 23 heavy (non-hydrogen) atoms. The first kappa shape index (κ1) is 16.7. The molecule has 1 aromatic carbocycles. The van der Waals surface area contributed by atoms with Crippen LogP contribution in [0.4, 0.5) is 0 Å². The Morgan fingerprint density at radius 3 is 2.83 bits per heavy atom. The predicted octanol–water partition coefficient (Wildman–Crippen LogP) is 1.70. The van der Waals surface area contributed by atoms with Crippen LogP contribution in [0.15, 0.2) is 34.8 Å². The van der Waals surface area contributed by atoms with Crippen LogP contribution < -0.4 is 0 Å². The maximum atomic E-state index is 11.3. The van der Waals surface area contributed by atoms with Gasteiger partial charge in [-0.1, -0.05) is 17.3 Å². The van der Waals surface area contributed by atoms with Crippen molar-refractivity contribution in [3.8, 4) is 0 Å². The molecule has 0 unspecified atom stereocenters. The van der Waals surface area contributed by atoms with E-state index in [4.69, 9.17) is 18.0 Å². The summed E-state index contributed by atoms with van der Waals surface area (Å²) in [4.78, 5) is 31.7. The SMILES string of the molecule is [B]OC(=O)c1cccc(CO/N=C(/C(=O)O)c2csc(C)n2)c1. The largest absolute Gasteiger partial charge is 0.540 e. The van der Waals surface area contributed by atoms with Crippen LogP contribution in [-0.4, -0.2) is 35.8 Å². The number of rotatable bonds is 6. The molecule has 0 bridgehead atoms. The van der Waals surface area contributed by atoms with Crippen LogP contribution in [0.5, 0.6) is 0 Å². The summed E-state index contributed by atoms with van der Waals surface area (Å²) >= 11 is 1.31. The minimum absolute atomic E-state index is 0.0222. The highest BCUT2D eigenvalue weighted by molar-refractivity contribution is 7.09. The summed E-state index contributed by atoms with van der Waals surface area (Å²) in [6.45, 7) is 1.74. The van der Waals surface area contributed by atoms with Crippen molar-refractivity contribution in [1.82, 2.24) is 4.98 Å². The Kier molecular flexibility index (Phi) is 5.48. The Hall–Kier alpha value is -2.68. The summed E-state index contributed by atoms with van der Waals surface area (Å²) in [6, 6.07) is 6.35. The van der Waals surface area contributed by atoms with Crippen molar-refractivity contribution in [2.75, 3.05) is 0 Å². The molecule has 0 saturated heterocycles. The fourth-order valence-electron chi connectivity index (χ4n) is 1.70. The Bertz CT molecular complexity index is 759. The number of thiazole rings is 1. The molecular formula is C14H11BN2O5S. The number of aliphatic carboxylic acids is 1. The smallest absolute Gasteiger partial charge is 0.378 e. The molecule has 0 aliphatic carbocycles. The molecule has 0 saturated carbocycles. The molecule has 0 fully saturated rings. The number of aryl methyl sites for hydroxylation is 1. The molecule has 1 N–H and O–H groups in total. The van der Waals surface area contributed by atoms with Crippen LogP contribution in [0.3, 0.4) is 0 Å². The lowest BCUT2D eigenvalue weighted by atomic mass is 10.1. The first-order valence-electron chi connectivity index (χ1n) is 6.37. The summed E-state index contributed by atoms with van der Waals surface area (Å²) in [5, 5.41) is 15.1.